The molecule has 5 rings (SSSR count). The van der Waals surface area contributed by atoms with Crippen LogP contribution in [0.4, 0.5) is 4.79 Å². The second-order valence-electron chi connectivity index (χ2n) is 12.1. The number of ether oxygens (including phenoxy) is 2. The van der Waals surface area contributed by atoms with E-state index in [1.165, 1.54) is 32.1 Å². The van der Waals surface area contributed by atoms with Crippen molar-refractivity contribution in [3.05, 3.63) is 34.9 Å². The zero-order valence-electron chi connectivity index (χ0n) is 23.8. The summed E-state index contributed by atoms with van der Waals surface area (Å²) < 4.78 is 12.2. The Morgan fingerprint density at radius 1 is 1.00 bits per heavy atom. The lowest BCUT2D eigenvalue weighted by atomic mass is 9.82. The summed E-state index contributed by atoms with van der Waals surface area (Å²) in [4.78, 5) is 33.1. The smallest absolute Gasteiger partial charge is 0.410 e. The number of rotatable bonds is 7. The standard InChI is InChI=1S/C31H47N3O4/c1-4-37-22-27-31(38-30(36)34(27)21-25-11-6-5-7-12-25)15-19-32(20-16-31)26-13-17-33(18-14-26)29(35)28-23(2)9-8-10-24(28)3/h8-10,25-27H,4-7,11-22H2,1-3H3. The molecule has 1 aromatic carbocycles. The molecule has 1 aromatic rings. The van der Waals surface area contributed by atoms with Gasteiger partial charge in [0.05, 0.1) is 12.6 Å². The molecule has 4 aliphatic rings. The topological polar surface area (TPSA) is 62.3 Å². The molecule has 1 saturated carbocycles. The van der Waals surface area contributed by atoms with E-state index < -0.39 is 5.60 Å². The Balaban J connectivity index is 1.18. The summed E-state index contributed by atoms with van der Waals surface area (Å²) in [6.07, 6.45) is 9.90. The van der Waals surface area contributed by atoms with Crippen molar-refractivity contribution >= 4 is 12.0 Å². The Hall–Kier alpha value is -2.12. The fourth-order valence-corrected chi connectivity index (χ4v) is 7.48. The molecular formula is C31H47N3O4. The lowest BCUT2D eigenvalue weighted by Gasteiger charge is -2.46. The van der Waals surface area contributed by atoms with E-state index in [1.807, 2.05) is 48.8 Å². The van der Waals surface area contributed by atoms with E-state index in [0.717, 1.165) is 75.1 Å². The van der Waals surface area contributed by atoms with Gasteiger partial charge in [-0.05, 0) is 63.5 Å². The van der Waals surface area contributed by atoms with Gasteiger partial charge in [-0.1, -0.05) is 37.5 Å². The van der Waals surface area contributed by atoms with E-state index in [9.17, 15) is 9.59 Å². The van der Waals surface area contributed by atoms with Gasteiger partial charge in [0.15, 0.2) is 0 Å². The summed E-state index contributed by atoms with van der Waals surface area (Å²) in [6.45, 7) is 11.6. The third kappa shape index (κ3) is 5.60. The minimum atomic E-state index is -0.434. The highest BCUT2D eigenvalue weighted by Crippen LogP contribution is 2.41. The van der Waals surface area contributed by atoms with Crippen LogP contribution in [-0.4, -0.2) is 90.3 Å². The molecule has 3 heterocycles. The highest BCUT2D eigenvalue weighted by Gasteiger charge is 2.55. The van der Waals surface area contributed by atoms with Crippen molar-refractivity contribution in [1.82, 2.24) is 14.7 Å². The molecule has 210 valence electrons. The van der Waals surface area contributed by atoms with Gasteiger partial charge in [-0.3, -0.25) is 14.6 Å². The Morgan fingerprint density at radius 2 is 1.66 bits per heavy atom. The number of nitrogens with zero attached hydrogens (tertiary/aromatic N) is 3. The van der Waals surface area contributed by atoms with Gasteiger partial charge in [0.25, 0.3) is 5.91 Å². The summed E-state index contributed by atoms with van der Waals surface area (Å²) in [7, 11) is 0. The average Bonchev–Trinajstić information content (AvgIpc) is 3.17. The quantitative estimate of drug-likeness (QED) is 0.491. The lowest BCUT2D eigenvalue weighted by molar-refractivity contribution is -0.0541. The fourth-order valence-electron chi connectivity index (χ4n) is 7.48. The summed E-state index contributed by atoms with van der Waals surface area (Å²) in [5.41, 5.74) is 2.55. The summed E-state index contributed by atoms with van der Waals surface area (Å²) >= 11 is 0. The molecule has 3 aliphatic heterocycles. The van der Waals surface area contributed by atoms with Gasteiger partial charge in [0.2, 0.25) is 0 Å². The first kappa shape index (κ1) is 27.4. The van der Waals surface area contributed by atoms with E-state index in [0.29, 0.717) is 25.2 Å². The molecule has 4 fully saturated rings. The molecule has 1 spiro atoms. The molecule has 0 bridgehead atoms. The molecule has 3 saturated heterocycles. The van der Waals surface area contributed by atoms with Crippen LogP contribution in [0, 0.1) is 19.8 Å². The molecular weight excluding hydrogens is 478 g/mol. The van der Waals surface area contributed by atoms with Gasteiger partial charge >= 0.3 is 6.09 Å². The summed E-state index contributed by atoms with van der Waals surface area (Å²) in [5.74, 6) is 0.762. The van der Waals surface area contributed by atoms with Gasteiger partial charge < -0.3 is 14.4 Å². The van der Waals surface area contributed by atoms with E-state index in [4.69, 9.17) is 9.47 Å². The zero-order chi connectivity index (χ0) is 26.7. The molecule has 2 amide bonds. The minimum Gasteiger partial charge on any atom is -0.440 e. The molecule has 1 aliphatic carbocycles. The highest BCUT2D eigenvalue weighted by molar-refractivity contribution is 5.97. The van der Waals surface area contributed by atoms with Crippen molar-refractivity contribution in [3.8, 4) is 0 Å². The van der Waals surface area contributed by atoms with Crippen molar-refractivity contribution in [1.29, 1.82) is 0 Å². The van der Waals surface area contributed by atoms with E-state index in [-0.39, 0.29) is 18.0 Å². The Labute approximate surface area is 228 Å². The Kier molecular flexibility index (Phi) is 8.63. The molecule has 38 heavy (non-hydrogen) atoms. The third-order valence-corrected chi connectivity index (χ3v) is 9.78. The van der Waals surface area contributed by atoms with E-state index >= 15 is 0 Å². The first-order chi connectivity index (χ1) is 18.4. The van der Waals surface area contributed by atoms with Gasteiger partial charge in [-0.15, -0.1) is 0 Å². The van der Waals surface area contributed by atoms with Crippen molar-refractivity contribution < 1.29 is 19.1 Å². The third-order valence-electron chi connectivity index (χ3n) is 9.78. The van der Waals surface area contributed by atoms with Crippen LogP contribution >= 0.6 is 0 Å². The largest absolute Gasteiger partial charge is 0.440 e. The predicted molar refractivity (Wildman–Crippen MR) is 148 cm³/mol. The van der Waals surface area contributed by atoms with Gasteiger partial charge in [0.1, 0.15) is 5.60 Å². The van der Waals surface area contributed by atoms with Crippen LogP contribution in [0.2, 0.25) is 0 Å². The number of benzene rings is 1. The van der Waals surface area contributed by atoms with Crippen LogP contribution in [0.3, 0.4) is 0 Å². The van der Waals surface area contributed by atoms with Gasteiger partial charge in [0, 0.05) is 63.8 Å². The molecule has 0 aromatic heterocycles. The Morgan fingerprint density at radius 3 is 2.29 bits per heavy atom. The first-order valence-electron chi connectivity index (χ1n) is 15.1. The average molecular weight is 526 g/mol. The molecule has 1 atom stereocenters. The number of piperidine rings is 2. The van der Waals surface area contributed by atoms with Crippen LogP contribution in [0.15, 0.2) is 18.2 Å². The monoisotopic (exact) mass is 525 g/mol. The number of amides is 2. The zero-order valence-corrected chi connectivity index (χ0v) is 23.8. The maximum absolute atomic E-state index is 13.3. The summed E-state index contributed by atoms with van der Waals surface area (Å²) in [6, 6.07) is 6.57. The van der Waals surface area contributed by atoms with E-state index in [2.05, 4.69) is 4.90 Å². The maximum Gasteiger partial charge on any atom is 0.410 e. The molecule has 7 nitrogen and oxygen atoms in total. The van der Waals surface area contributed by atoms with Crippen LogP contribution in [-0.2, 0) is 9.47 Å². The number of carbonyl (C=O) groups excluding carboxylic acids is 2. The lowest BCUT2D eigenvalue weighted by Crippen LogP contribution is -2.57. The molecule has 1 unspecified atom stereocenters. The van der Waals surface area contributed by atoms with Crippen LogP contribution in [0.5, 0.6) is 0 Å². The molecule has 7 heteroatoms. The van der Waals surface area contributed by atoms with E-state index in [1.54, 1.807) is 0 Å². The second kappa shape index (κ2) is 12.0. The number of likely N-dealkylation sites (tertiary alicyclic amines) is 2. The summed E-state index contributed by atoms with van der Waals surface area (Å²) in [5, 5.41) is 0. The normalized spacial score (nSPS) is 25.2. The van der Waals surface area contributed by atoms with Crippen LogP contribution < -0.4 is 0 Å². The van der Waals surface area contributed by atoms with Crippen molar-refractivity contribution in [2.75, 3.05) is 45.9 Å². The van der Waals surface area contributed by atoms with Crippen LogP contribution in [0.1, 0.15) is 86.2 Å². The highest BCUT2D eigenvalue weighted by atomic mass is 16.6. The minimum absolute atomic E-state index is 0.0100. The van der Waals surface area contributed by atoms with Gasteiger partial charge in [-0.2, -0.15) is 0 Å². The van der Waals surface area contributed by atoms with Crippen LogP contribution in [0.25, 0.3) is 0 Å². The fraction of sp³-hybridized carbons (Fsp3) is 0.742. The van der Waals surface area contributed by atoms with Crippen molar-refractivity contribution in [3.63, 3.8) is 0 Å². The number of hydrogen-bond acceptors (Lipinski definition) is 5. The number of aryl methyl sites for hydroxylation is 2. The number of carbonyl (C=O) groups is 2. The second-order valence-corrected chi connectivity index (χ2v) is 12.1. The van der Waals surface area contributed by atoms with Crippen molar-refractivity contribution in [2.24, 2.45) is 5.92 Å². The first-order valence-corrected chi connectivity index (χ1v) is 15.1. The number of hydrogen-bond donors (Lipinski definition) is 0. The maximum atomic E-state index is 13.3. The van der Waals surface area contributed by atoms with Gasteiger partial charge in [-0.25, -0.2) is 4.79 Å². The van der Waals surface area contributed by atoms with Crippen molar-refractivity contribution in [2.45, 2.75) is 96.2 Å². The Bertz CT molecular complexity index is 955. The SMILES string of the molecule is CCOCC1N(CC2CCCCC2)C(=O)OC12CCN(C1CCN(C(=O)c3c(C)cccc3C)CC1)CC2. The molecule has 0 radical (unpaired) electrons. The predicted octanol–water partition coefficient (Wildman–Crippen LogP) is 5.18. The molecule has 0 N–H and O–H groups in total.